The maximum absolute atomic E-state index is 12.7. The highest BCUT2D eigenvalue weighted by molar-refractivity contribution is 5.93. The molecule has 0 bridgehead atoms. The van der Waals surface area contributed by atoms with Gasteiger partial charge in [-0.2, -0.15) is 0 Å². The van der Waals surface area contributed by atoms with Crippen LogP contribution in [0.4, 0.5) is 5.82 Å². The third-order valence-electron chi connectivity index (χ3n) is 4.35. The molecular formula is C19H25N5O. The number of nitrogens with zero attached hydrogens (tertiary/aromatic N) is 4. The van der Waals surface area contributed by atoms with Gasteiger partial charge in [-0.1, -0.05) is 37.3 Å². The number of benzene rings is 1. The molecule has 132 valence electrons. The Bertz CT molecular complexity index is 683. The van der Waals surface area contributed by atoms with Gasteiger partial charge in [0.2, 0.25) is 0 Å². The second-order valence-corrected chi connectivity index (χ2v) is 6.27. The second kappa shape index (κ2) is 8.58. The fourth-order valence-corrected chi connectivity index (χ4v) is 2.94. The Hall–Kier alpha value is -2.47. The van der Waals surface area contributed by atoms with Crippen molar-refractivity contribution in [2.75, 3.05) is 38.0 Å². The van der Waals surface area contributed by atoms with Crippen LogP contribution in [0.25, 0.3) is 0 Å². The monoisotopic (exact) mass is 339 g/mol. The van der Waals surface area contributed by atoms with Crippen molar-refractivity contribution in [2.45, 2.75) is 19.9 Å². The molecule has 1 saturated heterocycles. The molecule has 0 aliphatic carbocycles. The lowest BCUT2D eigenvalue weighted by molar-refractivity contribution is 0.0622. The summed E-state index contributed by atoms with van der Waals surface area (Å²) in [4.78, 5) is 25.3. The molecule has 0 radical (unpaired) electrons. The average molecular weight is 339 g/mol. The lowest BCUT2D eigenvalue weighted by atomic mass is 10.2. The summed E-state index contributed by atoms with van der Waals surface area (Å²) in [6.45, 7) is 7.08. The van der Waals surface area contributed by atoms with Crippen molar-refractivity contribution in [3.05, 3.63) is 54.0 Å². The summed E-state index contributed by atoms with van der Waals surface area (Å²) in [5.74, 6) is 0.698. The summed E-state index contributed by atoms with van der Waals surface area (Å²) >= 11 is 0. The van der Waals surface area contributed by atoms with Gasteiger partial charge in [-0.05, 0) is 12.0 Å². The predicted octanol–water partition coefficient (Wildman–Crippen LogP) is 2.26. The van der Waals surface area contributed by atoms with E-state index in [1.807, 2.05) is 11.0 Å². The topological polar surface area (TPSA) is 61.4 Å². The summed E-state index contributed by atoms with van der Waals surface area (Å²) in [6.07, 6.45) is 2.47. The quantitative estimate of drug-likeness (QED) is 0.875. The Morgan fingerprint density at radius 2 is 1.88 bits per heavy atom. The Labute approximate surface area is 148 Å². The highest BCUT2D eigenvalue weighted by Gasteiger charge is 2.23. The van der Waals surface area contributed by atoms with E-state index in [-0.39, 0.29) is 5.91 Å². The maximum Gasteiger partial charge on any atom is 0.272 e. The van der Waals surface area contributed by atoms with E-state index >= 15 is 0 Å². The van der Waals surface area contributed by atoms with E-state index in [9.17, 15) is 4.79 Å². The first-order chi connectivity index (χ1) is 12.3. The van der Waals surface area contributed by atoms with Crippen LogP contribution in [0.2, 0.25) is 0 Å². The average Bonchev–Trinajstić information content (AvgIpc) is 2.67. The number of aromatic nitrogens is 2. The van der Waals surface area contributed by atoms with Gasteiger partial charge in [0, 0.05) is 45.3 Å². The van der Waals surface area contributed by atoms with Crippen LogP contribution >= 0.6 is 0 Å². The molecule has 1 aromatic carbocycles. The van der Waals surface area contributed by atoms with Gasteiger partial charge >= 0.3 is 0 Å². The van der Waals surface area contributed by atoms with Crippen molar-refractivity contribution in [3.8, 4) is 0 Å². The first-order valence-electron chi connectivity index (χ1n) is 8.87. The Morgan fingerprint density at radius 1 is 1.12 bits per heavy atom. The van der Waals surface area contributed by atoms with E-state index < -0.39 is 0 Å². The van der Waals surface area contributed by atoms with Crippen molar-refractivity contribution >= 4 is 11.7 Å². The van der Waals surface area contributed by atoms with Gasteiger partial charge in [-0.25, -0.2) is 9.97 Å². The molecule has 6 nitrogen and oxygen atoms in total. The molecule has 0 saturated carbocycles. The molecule has 1 amide bonds. The SMILES string of the molecule is CCCNc1cc(C(=O)N2CCN(Cc3ccccc3)CC2)ncn1. The van der Waals surface area contributed by atoms with Gasteiger partial charge < -0.3 is 10.2 Å². The van der Waals surface area contributed by atoms with Crippen LogP contribution in [0.5, 0.6) is 0 Å². The minimum absolute atomic E-state index is 0.0127. The fourth-order valence-electron chi connectivity index (χ4n) is 2.94. The number of anilines is 1. The molecule has 0 atom stereocenters. The van der Waals surface area contributed by atoms with Gasteiger partial charge in [-0.15, -0.1) is 0 Å². The number of nitrogens with one attached hydrogen (secondary N) is 1. The zero-order valence-electron chi connectivity index (χ0n) is 14.7. The van der Waals surface area contributed by atoms with Gasteiger partial charge in [0.05, 0.1) is 0 Å². The van der Waals surface area contributed by atoms with Crippen molar-refractivity contribution < 1.29 is 4.79 Å². The van der Waals surface area contributed by atoms with Crippen LogP contribution in [-0.4, -0.2) is 58.4 Å². The lowest BCUT2D eigenvalue weighted by Crippen LogP contribution is -2.48. The first-order valence-corrected chi connectivity index (χ1v) is 8.87. The highest BCUT2D eigenvalue weighted by atomic mass is 16.2. The van der Waals surface area contributed by atoms with E-state index in [0.29, 0.717) is 11.5 Å². The summed E-state index contributed by atoms with van der Waals surface area (Å²) < 4.78 is 0. The Balaban J connectivity index is 1.54. The molecule has 1 aromatic heterocycles. The van der Waals surface area contributed by atoms with E-state index in [1.165, 1.54) is 11.9 Å². The van der Waals surface area contributed by atoms with Crippen molar-refractivity contribution in [1.82, 2.24) is 19.8 Å². The second-order valence-electron chi connectivity index (χ2n) is 6.27. The molecule has 25 heavy (non-hydrogen) atoms. The maximum atomic E-state index is 12.7. The van der Waals surface area contributed by atoms with Crippen LogP contribution in [0.15, 0.2) is 42.7 Å². The zero-order chi connectivity index (χ0) is 17.5. The smallest absolute Gasteiger partial charge is 0.272 e. The van der Waals surface area contributed by atoms with Crippen LogP contribution in [0.1, 0.15) is 29.4 Å². The molecule has 2 aromatic rings. The number of rotatable bonds is 6. The fraction of sp³-hybridized carbons (Fsp3) is 0.421. The highest BCUT2D eigenvalue weighted by Crippen LogP contribution is 2.12. The van der Waals surface area contributed by atoms with Crippen molar-refractivity contribution in [1.29, 1.82) is 0 Å². The molecule has 1 aliphatic heterocycles. The van der Waals surface area contributed by atoms with Gasteiger partial charge in [-0.3, -0.25) is 9.69 Å². The van der Waals surface area contributed by atoms with Gasteiger partial charge in [0.15, 0.2) is 0 Å². The number of piperazine rings is 1. The summed E-state index contributed by atoms with van der Waals surface area (Å²) in [5, 5.41) is 3.20. The normalized spacial score (nSPS) is 15.2. The molecule has 1 N–H and O–H groups in total. The van der Waals surface area contributed by atoms with Gasteiger partial charge in [0.25, 0.3) is 5.91 Å². The number of carbonyl (C=O) groups is 1. The van der Waals surface area contributed by atoms with E-state index in [2.05, 4.69) is 51.4 Å². The van der Waals surface area contributed by atoms with E-state index in [0.717, 1.165) is 45.7 Å². The zero-order valence-corrected chi connectivity index (χ0v) is 14.7. The molecule has 1 aliphatic rings. The molecule has 0 unspecified atom stereocenters. The van der Waals surface area contributed by atoms with Crippen molar-refractivity contribution in [3.63, 3.8) is 0 Å². The van der Waals surface area contributed by atoms with Crippen LogP contribution in [-0.2, 0) is 6.54 Å². The third-order valence-corrected chi connectivity index (χ3v) is 4.35. The minimum Gasteiger partial charge on any atom is -0.370 e. The number of carbonyl (C=O) groups excluding carboxylic acids is 1. The molecule has 2 heterocycles. The summed E-state index contributed by atoms with van der Waals surface area (Å²) in [6, 6.07) is 12.2. The van der Waals surface area contributed by atoms with Gasteiger partial charge in [0.1, 0.15) is 17.8 Å². The predicted molar refractivity (Wildman–Crippen MR) is 98.4 cm³/mol. The number of hydrogen-bond donors (Lipinski definition) is 1. The first kappa shape index (κ1) is 17.4. The Kier molecular flexibility index (Phi) is 5.95. The largest absolute Gasteiger partial charge is 0.370 e. The van der Waals surface area contributed by atoms with Crippen LogP contribution < -0.4 is 5.32 Å². The molecular weight excluding hydrogens is 314 g/mol. The van der Waals surface area contributed by atoms with Crippen LogP contribution in [0.3, 0.4) is 0 Å². The Morgan fingerprint density at radius 3 is 2.60 bits per heavy atom. The molecule has 1 fully saturated rings. The summed E-state index contributed by atoms with van der Waals surface area (Å²) in [7, 11) is 0. The molecule has 6 heteroatoms. The van der Waals surface area contributed by atoms with Crippen LogP contribution in [0, 0.1) is 0 Å². The van der Waals surface area contributed by atoms with E-state index in [1.54, 1.807) is 6.07 Å². The van der Waals surface area contributed by atoms with E-state index in [4.69, 9.17) is 0 Å². The molecule has 3 rings (SSSR count). The number of hydrogen-bond acceptors (Lipinski definition) is 5. The molecule has 0 spiro atoms. The standard InChI is InChI=1S/C19H25N5O/c1-2-8-20-18-13-17(21-15-22-18)19(25)24-11-9-23(10-12-24)14-16-6-4-3-5-7-16/h3-7,13,15H,2,8-12,14H2,1H3,(H,20,21,22). The number of amides is 1. The summed E-state index contributed by atoms with van der Waals surface area (Å²) in [5.41, 5.74) is 1.77. The minimum atomic E-state index is -0.0127. The van der Waals surface area contributed by atoms with Crippen molar-refractivity contribution in [2.24, 2.45) is 0 Å². The lowest BCUT2D eigenvalue weighted by Gasteiger charge is -2.34. The third kappa shape index (κ3) is 4.76.